The van der Waals surface area contributed by atoms with Crippen LogP contribution in [0.5, 0.6) is 0 Å². The molecule has 0 unspecified atom stereocenters. The molecule has 3 heteroatoms. The van der Waals surface area contributed by atoms with Crippen LogP contribution in [0.1, 0.15) is 20.3 Å². The standard InChI is InChI=1S/C8H15NO2/c1-4-10-8(11-5-2)6-7-9-3/h8H,4-7H2,1-2H3. The molecule has 0 aromatic carbocycles. The molecule has 0 aliphatic heterocycles. The van der Waals surface area contributed by atoms with Gasteiger partial charge in [-0.15, -0.1) is 0 Å². The number of ether oxygens (including phenoxy) is 2. The first-order chi connectivity index (χ1) is 5.35. The summed E-state index contributed by atoms with van der Waals surface area (Å²) in [5, 5.41) is 0. The van der Waals surface area contributed by atoms with E-state index in [2.05, 4.69) is 4.85 Å². The van der Waals surface area contributed by atoms with Crippen LogP contribution in [0.2, 0.25) is 0 Å². The van der Waals surface area contributed by atoms with E-state index in [9.17, 15) is 0 Å². The van der Waals surface area contributed by atoms with Crippen molar-refractivity contribution >= 4 is 0 Å². The van der Waals surface area contributed by atoms with Crippen molar-refractivity contribution < 1.29 is 9.47 Å². The Bertz CT molecular complexity index is 114. The van der Waals surface area contributed by atoms with Crippen LogP contribution in [0, 0.1) is 6.57 Å². The van der Waals surface area contributed by atoms with Gasteiger partial charge >= 0.3 is 0 Å². The van der Waals surface area contributed by atoms with Crippen molar-refractivity contribution in [3.8, 4) is 0 Å². The minimum absolute atomic E-state index is 0.181. The summed E-state index contributed by atoms with van der Waals surface area (Å²) in [4.78, 5) is 3.23. The highest BCUT2D eigenvalue weighted by Gasteiger charge is 2.07. The van der Waals surface area contributed by atoms with E-state index in [0.717, 1.165) is 0 Å². The Labute approximate surface area is 68.1 Å². The molecule has 0 aliphatic rings. The molecule has 0 aliphatic carbocycles. The topological polar surface area (TPSA) is 22.8 Å². The molecule has 0 bridgehead atoms. The summed E-state index contributed by atoms with van der Waals surface area (Å²) in [5.74, 6) is 0. The zero-order chi connectivity index (χ0) is 8.53. The quantitative estimate of drug-likeness (QED) is 0.432. The van der Waals surface area contributed by atoms with Gasteiger partial charge in [0.1, 0.15) is 0 Å². The lowest BCUT2D eigenvalue weighted by atomic mass is 10.4. The van der Waals surface area contributed by atoms with Crippen molar-refractivity contribution in [2.75, 3.05) is 19.8 Å². The molecule has 0 saturated carbocycles. The summed E-state index contributed by atoms with van der Waals surface area (Å²) in [6.07, 6.45) is 0.490. The lowest BCUT2D eigenvalue weighted by Gasteiger charge is -2.13. The molecule has 0 aromatic heterocycles. The molecular formula is C8H15NO2. The fraction of sp³-hybridized carbons (Fsp3) is 0.875. The fourth-order valence-corrected chi connectivity index (χ4v) is 0.757. The first kappa shape index (κ1) is 10.4. The number of hydrogen-bond donors (Lipinski definition) is 0. The SMILES string of the molecule is [C-]#[N+]CCC(OCC)OCC. The largest absolute Gasteiger partial charge is 0.353 e. The first-order valence-corrected chi connectivity index (χ1v) is 3.91. The molecule has 0 amide bonds. The van der Waals surface area contributed by atoms with Gasteiger partial charge in [0.15, 0.2) is 6.29 Å². The average Bonchev–Trinajstić information content (AvgIpc) is 2.01. The van der Waals surface area contributed by atoms with Gasteiger partial charge in [-0.1, -0.05) is 0 Å². The van der Waals surface area contributed by atoms with Crippen LogP contribution < -0.4 is 0 Å². The predicted molar refractivity (Wildman–Crippen MR) is 43.1 cm³/mol. The van der Waals surface area contributed by atoms with E-state index in [-0.39, 0.29) is 6.29 Å². The summed E-state index contributed by atoms with van der Waals surface area (Å²) < 4.78 is 10.4. The zero-order valence-corrected chi connectivity index (χ0v) is 7.17. The van der Waals surface area contributed by atoms with Crippen LogP contribution in [0.25, 0.3) is 4.85 Å². The Morgan fingerprint density at radius 2 is 1.82 bits per heavy atom. The van der Waals surface area contributed by atoms with Crippen LogP contribution in [-0.4, -0.2) is 26.0 Å². The molecule has 0 heterocycles. The fourth-order valence-electron chi connectivity index (χ4n) is 0.757. The molecule has 0 N–H and O–H groups in total. The van der Waals surface area contributed by atoms with Crippen LogP contribution in [-0.2, 0) is 9.47 Å². The Kier molecular flexibility index (Phi) is 7.11. The predicted octanol–water partition coefficient (Wildman–Crippen LogP) is 1.69. The third-order valence-corrected chi connectivity index (χ3v) is 1.18. The average molecular weight is 157 g/mol. The second-order valence-electron chi connectivity index (χ2n) is 2.01. The van der Waals surface area contributed by atoms with Gasteiger partial charge in [-0.2, -0.15) is 0 Å². The highest BCUT2D eigenvalue weighted by atomic mass is 16.7. The Morgan fingerprint density at radius 3 is 2.18 bits per heavy atom. The maximum absolute atomic E-state index is 6.57. The van der Waals surface area contributed by atoms with Gasteiger partial charge < -0.3 is 14.3 Å². The third-order valence-electron chi connectivity index (χ3n) is 1.18. The van der Waals surface area contributed by atoms with Crippen LogP contribution >= 0.6 is 0 Å². The summed E-state index contributed by atoms with van der Waals surface area (Å²) in [6.45, 7) is 12.2. The Balaban J connectivity index is 3.44. The van der Waals surface area contributed by atoms with Crippen molar-refractivity contribution in [1.29, 1.82) is 0 Å². The lowest BCUT2D eigenvalue weighted by molar-refractivity contribution is -0.137. The van der Waals surface area contributed by atoms with Crippen molar-refractivity contribution in [1.82, 2.24) is 0 Å². The van der Waals surface area contributed by atoms with E-state index in [1.54, 1.807) is 0 Å². The first-order valence-electron chi connectivity index (χ1n) is 3.91. The van der Waals surface area contributed by atoms with Crippen molar-refractivity contribution in [2.24, 2.45) is 0 Å². The van der Waals surface area contributed by atoms with Gasteiger partial charge in [0.2, 0.25) is 6.54 Å². The molecular weight excluding hydrogens is 142 g/mol. The molecule has 11 heavy (non-hydrogen) atoms. The van der Waals surface area contributed by atoms with E-state index in [0.29, 0.717) is 26.2 Å². The van der Waals surface area contributed by atoms with E-state index in [1.165, 1.54) is 0 Å². The lowest BCUT2D eigenvalue weighted by Crippen LogP contribution is -2.17. The second kappa shape index (κ2) is 7.52. The Hall–Kier alpha value is -0.590. The van der Waals surface area contributed by atoms with E-state index < -0.39 is 0 Å². The monoisotopic (exact) mass is 157 g/mol. The third kappa shape index (κ3) is 5.84. The highest BCUT2D eigenvalue weighted by Crippen LogP contribution is 2.00. The summed E-state index contributed by atoms with van der Waals surface area (Å²) >= 11 is 0. The van der Waals surface area contributed by atoms with E-state index in [1.807, 2.05) is 13.8 Å². The van der Waals surface area contributed by atoms with Gasteiger partial charge in [-0.05, 0) is 13.8 Å². The van der Waals surface area contributed by atoms with Crippen LogP contribution in [0.15, 0.2) is 0 Å². The number of nitrogens with zero attached hydrogens (tertiary/aromatic N) is 1. The molecule has 0 fully saturated rings. The van der Waals surface area contributed by atoms with Crippen LogP contribution in [0.4, 0.5) is 0 Å². The Morgan fingerprint density at radius 1 is 1.27 bits per heavy atom. The summed E-state index contributed by atoms with van der Waals surface area (Å²) in [5.41, 5.74) is 0. The minimum Gasteiger partial charge on any atom is -0.353 e. The summed E-state index contributed by atoms with van der Waals surface area (Å²) in [7, 11) is 0. The summed E-state index contributed by atoms with van der Waals surface area (Å²) in [6, 6.07) is 0. The van der Waals surface area contributed by atoms with Gasteiger partial charge in [-0.25, -0.2) is 6.57 Å². The molecule has 3 nitrogen and oxygen atoms in total. The van der Waals surface area contributed by atoms with Gasteiger partial charge in [0, 0.05) is 13.2 Å². The molecule has 0 rings (SSSR count). The normalized spacial score (nSPS) is 10.0. The second-order valence-corrected chi connectivity index (χ2v) is 2.01. The maximum Gasteiger partial charge on any atom is 0.219 e. The molecule has 0 saturated heterocycles. The van der Waals surface area contributed by atoms with Crippen molar-refractivity contribution in [3.05, 3.63) is 11.4 Å². The van der Waals surface area contributed by atoms with Crippen LogP contribution in [0.3, 0.4) is 0 Å². The smallest absolute Gasteiger partial charge is 0.219 e. The highest BCUT2D eigenvalue weighted by molar-refractivity contribution is 4.60. The molecule has 0 spiro atoms. The molecule has 0 atom stereocenters. The van der Waals surface area contributed by atoms with Crippen molar-refractivity contribution in [3.63, 3.8) is 0 Å². The van der Waals surface area contributed by atoms with E-state index in [4.69, 9.17) is 16.0 Å². The van der Waals surface area contributed by atoms with E-state index >= 15 is 0 Å². The maximum atomic E-state index is 6.57. The minimum atomic E-state index is -0.181. The molecule has 0 aromatic rings. The molecule has 0 radical (unpaired) electrons. The molecule has 64 valence electrons. The van der Waals surface area contributed by atoms with Crippen molar-refractivity contribution in [2.45, 2.75) is 26.6 Å². The van der Waals surface area contributed by atoms with Gasteiger partial charge in [-0.3, -0.25) is 0 Å². The number of hydrogen-bond acceptors (Lipinski definition) is 2. The number of rotatable bonds is 6. The van der Waals surface area contributed by atoms with Gasteiger partial charge in [0.25, 0.3) is 0 Å². The van der Waals surface area contributed by atoms with Gasteiger partial charge in [0.05, 0.1) is 6.42 Å². The zero-order valence-electron chi connectivity index (χ0n) is 7.17.